The van der Waals surface area contributed by atoms with E-state index in [1.165, 1.54) is 0 Å². The van der Waals surface area contributed by atoms with Crippen LogP contribution in [-0.2, 0) is 5.60 Å². The van der Waals surface area contributed by atoms with Crippen LogP contribution in [0.5, 0.6) is 0 Å². The van der Waals surface area contributed by atoms with E-state index >= 15 is 0 Å². The van der Waals surface area contributed by atoms with Crippen molar-refractivity contribution in [2.45, 2.75) is 18.4 Å². The van der Waals surface area contributed by atoms with E-state index in [0.717, 1.165) is 24.9 Å². The van der Waals surface area contributed by atoms with Crippen LogP contribution < -0.4 is 0 Å². The second-order valence-corrected chi connectivity index (χ2v) is 5.32. The van der Waals surface area contributed by atoms with Crippen molar-refractivity contribution >= 4 is 23.2 Å². The van der Waals surface area contributed by atoms with Gasteiger partial charge in [-0.3, -0.25) is 0 Å². The summed E-state index contributed by atoms with van der Waals surface area (Å²) >= 11 is 11.8. The fraction of sp³-hybridized carbons (Fsp3) is 0.500. The van der Waals surface area contributed by atoms with E-state index < -0.39 is 5.60 Å². The van der Waals surface area contributed by atoms with Crippen molar-refractivity contribution in [3.63, 3.8) is 0 Å². The van der Waals surface area contributed by atoms with Crippen LogP contribution in [0.4, 0.5) is 0 Å². The highest BCUT2D eigenvalue weighted by Crippen LogP contribution is 2.34. The van der Waals surface area contributed by atoms with Crippen LogP contribution >= 0.6 is 23.2 Å². The van der Waals surface area contributed by atoms with Gasteiger partial charge in [-0.15, -0.1) is 0 Å². The van der Waals surface area contributed by atoms with Gasteiger partial charge in [-0.25, -0.2) is 0 Å². The van der Waals surface area contributed by atoms with Gasteiger partial charge in [-0.05, 0) is 44.1 Å². The van der Waals surface area contributed by atoms with Crippen molar-refractivity contribution in [1.29, 1.82) is 0 Å². The molecule has 1 heterocycles. The number of hydrogen-bond acceptors (Lipinski definition) is 2. The molecule has 1 fully saturated rings. The van der Waals surface area contributed by atoms with Crippen LogP contribution in [0.15, 0.2) is 18.2 Å². The van der Waals surface area contributed by atoms with Crippen LogP contribution in [-0.4, -0.2) is 30.1 Å². The molecule has 0 aliphatic carbocycles. The summed E-state index contributed by atoms with van der Waals surface area (Å²) in [5, 5.41) is 11.6. The van der Waals surface area contributed by atoms with Gasteiger partial charge in [0.1, 0.15) is 5.60 Å². The number of likely N-dealkylation sites (tertiary alicyclic amines) is 1. The predicted octanol–water partition coefficient (Wildman–Crippen LogP) is 2.91. The number of likely N-dealkylation sites (N-methyl/N-ethyl adjacent to an activating group) is 1. The number of rotatable bonds is 1. The van der Waals surface area contributed by atoms with E-state index in [-0.39, 0.29) is 0 Å². The number of hydrogen-bond donors (Lipinski definition) is 1. The molecule has 4 heteroatoms. The highest BCUT2D eigenvalue weighted by molar-refractivity contribution is 6.42. The third kappa shape index (κ3) is 2.35. The minimum Gasteiger partial charge on any atom is -0.384 e. The average Bonchev–Trinajstić information content (AvgIpc) is 2.21. The molecule has 2 rings (SSSR count). The van der Waals surface area contributed by atoms with E-state index in [1.807, 2.05) is 13.1 Å². The third-order valence-corrected chi connectivity index (χ3v) is 3.86. The molecular weight excluding hydrogens is 245 g/mol. The quantitative estimate of drug-likeness (QED) is 0.839. The average molecular weight is 260 g/mol. The van der Waals surface area contributed by atoms with Crippen LogP contribution in [0.1, 0.15) is 18.4 Å². The summed E-state index contributed by atoms with van der Waals surface area (Å²) in [7, 11) is 2.02. The maximum Gasteiger partial charge on any atom is 0.102 e. The Balaban J connectivity index is 2.31. The molecule has 2 nitrogen and oxygen atoms in total. The molecule has 1 saturated heterocycles. The summed E-state index contributed by atoms with van der Waals surface area (Å²) in [4.78, 5) is 2.13. The van der Waals surface area contributed by atoms with E-state index in [4.69, 9.17) is 23.2 Å². The first kappa shape index (κ1) is 12.2. The number of benzene rings is 1. The molecule has 0 saturated carbocycles. The number of piperidine rings is 1. The smallest absolute Gasteiger partial charge is 0.102 e. The lowest BCUT2D eigenvalue weighted by Gasteiger charge is -2.37. The van der Waals surface area contributed by atoms with Gasteiger partial charge in [0.2, 0.25) is 0 Å². The zero-order valence-electron chi connectivity index (χ0n) is 9.21. The van der Waals surface area contributed by atoms with Gasteiger partial charge in [0, 0.05) is 6.54 Å². The molecule has 1 unspecified atom stereocenters. The van der Waals surface area contributed by atoms with E-state index in [2.05, 4.69) is 4.90 Å². The number of halogens is 2. The van der Waals surface area contributed by atoms with Gasteiger partial charge in [0.25, 0.3) is 0 Å². The normalized spacial score (nSPS) is 27.0. The maximum absolute atomic E-state index is 10.6. The Morgan fingerprint density at radius 2 is 2.06 bits per heavy atom. The van der Waals surface area contributed by atoms with E-state index in [9.17, 15) is 5.11 Å². The summed E-state index contributed by atoms with van der Waals surface area (Å²) in [6, 6.07) is 5.36. The fourth-order valence-electron chi connectivity index (χ4n) is 2.27. The molecule has 1 aromatic rings. The molecular formula is C12H15Cl2NO. The minimum atomic E-state index is -0.790. The van der Waals surface area contributed by atoms with Crippen LogP contribution in [0.25, 0.3) is 0 Å². The molecule has 1 N–H and O–H groups in total. The Morgan fingerprint density at radius 3 is 2.69 bits per heavy atom. The molecule has 1 aliphatic heterocycles. The lowest BCUT2D eigenvalue weighted by atomic mass is 9.86. The lowest BCUT2D eigenvalue weighted by Crippen LogP contribution is -2.44. The second kappa shape index (κ2) is 4.53. The second-order valence-electron chi connectivity index (χ2n) is 4.50. The third-order valence-electron chi connectivity index (χ3n) is 3.12. The predicted molar refractivity (Wildman–Crippen MR) is 67.1 cm³/mol. The highest BCUT2D eigenvalue weighted by atomic mass is 35.5. The summed E-state index contributed by atoms with van der Waals surface area (Å²) in [5.74, 6) is 0. The zero-order valence-corrected chi connectivity index (χ0v) is 10.7. The van der Waals surface area contributed by atoms with Crippen molar-refractivity contribution in [3.05, 3.63) is 33.8 Å². The molecule has 0 bridgehead atoms. The van der Waals surface area contributed by atoms with Crippen molar-refractivity contribution in [2.75, 3.05) is 20.1 Å². The van der Waals surface area contributed by atoms with E-state index in [0.29, 0.717) is 16.6 Å². The topological polar surface area (TPSA) is 23.5 Å². The van der Waals surface area contributed by atoms with Crippen molar-refractivity contribution < 1.29 is 5.11 Å². The van der Waals surface area contributed by atoms with Crippen molar-refractivity contribution in [2.24, 2.45) is 0 Å². The minimum absolute atomic E-state index is 0.501. The Morgan fingerprint density at radius 1 is 1.31 bits per heavy atom. The largest absolute Gasteiger partial charge is 0.384 e. The Hall–Kier alpha value is -0.280. The number of aliphatic hydroxyl groups is 1. The molecule has 1 aliphatic rings. The van der Waals surface area contributed by atoms with Gasteiger partial charge >= 0.3 is 0 Å². The summed E-state index contributed by atoms with van der Waals surface area (Å²) in [6.45, 7) is 1.68. The molecule has 1 aromatic carbocycles. The summed E-state index contributed by atoms with van der Waals surface area (Å²) < 4.78 is 0. The standard InChI is InChI=1S/C12H15Cl2NO/c1-15-6-2-5-12(16,8-15)9-3-4-10(13)11(14)7-9/h3-4,7,16H,2,5-6,8H2,1H3. The molecule has 1 atom stereocenters. The van der Waals surface area contributed by atoms with Gasteiger partial charge in [0.05, 0.1) is 10.0 Å². The zero-order chi connectivity index (χ0) is 11.8. The summed E-state index contributed by atoms with van der Waals surface area (Å²) in [5.41, 5.74) is 0.0646. The number of β-amino-alcohol motifs (C(OH)–C–C–N with tert-alkyl or cyclic N) is 1. The highest BCUT2D eigenvalue weighted by Gasteiger charge is 2.33. The van der Waals surface area contributed by atoms with Gasteiger partial charge < -0.3 is 10.0 Å². The first-order valence-electron chi connectivity index (χ1n) is 5.38. The van der Waals surface area contributed by atoms with Gasteiger partial charge in [-0.1, -0.05) is 29.3 Å². The van der Waals surface area contributed by atoms with Crippen molar-refractivity contribution in [1.82, 2.24) is 4.90 Å². The molecule has 0 aromatic heterocycles. The maximum atomic E-state index is 10.6. The van der Waals surface area contributed by atoms with E-state index in [1.54, 1.807) is 12.1 Å². The monoisotopic (exact) mass is 259 g/mol. The first-order valence-corrected chi connectivity index (χ1v) is 6.13. The molecule has 16 heavy (non-hydrogen) atoms. The molecule has 0 amide bonds. The number of nitrogens with zero attached hydrogens (tertiary/aromatic N) is 1. The van der Waals surface area contributed by atoms with Crippen LogP contribution in [0.3, 0.4) is 0 Å². The Labute approximate surface area is 106 Å². The SMILES string of the molecule is CN1CCCC(O)(c2ccc(Cl)c(Cl)c2)C1. The van der Waals surface area contributed by atoms with Gasteiger partial charge in [-0.2, -0.15) is 0 Å². The summed E-state index contributed by atoms with van der Waals surface area (Å²) in [6.07, 6.45) is 1.77. The van der Waals surface area contributed by atoms with Crippen molar-refractivity contribution in [3.8, 4) is 0 Å². The van der Waals surface area contributed by atoms with Crippen LogP contribution in [0, 0.1) is 0 Å². The molecule has 0 radical (unpaired) electrons. The lowest BCUT2D eigenvalue weighted by molar-refractivity contribution is -0.0277. The Bertz CT molecular complexity index is 397. The molecule has 88 valence electrons. The Kier molecular flexibility index (Phi) is 3.45. The fourth-order valence-corrected chi connectivity index (χ4v) is 2.57. The first-order chi connectivity index (χ1) is 7.51. The van der Waals surface area contributed by atoms with Gasteiger partial charge in [0.15, 0.2) is 0 Å². The van der Waals surface area contributed by atoms with Crippen LogP contribution in [0.2, 0.25) is 10.0 Å². The molecule has 0 spiro atoms.